The van der Waals surface area contributed by atoms with E-state index in [2.05, 4.69) is 25.5 Å². The number of esters is 1. The number of amides is 2. The maximum absolute atomic E-state index is 12.6. The first-order valence-electron chi connectivity index (χ1n) is 9.61. The van der Waals surface area contributed by atoms with Gasteiger partial charge in [-0.3, -0.25) is 19.8 Å². The highest BCUT2D eigenvalue weighted by atomic mass is 35.5. The first-order chi connectivity index (χ1) is 14.4. The molecule has 1 fully saturated rings. The van der Waals surface area contributed by atoms with Crippen molar-refractivity contribution < 1.29 is 19.1 Å². The highest BCUT2D eigenvalue weighted by Crippen LogP contribution is 2.13. The van der Waals surface area contributed by atoms with Crippen LogP contribution in [-0.4, -0.2) is 71.7 Å². The van der Waals surface area contributed by atoms with Gasteiger partial charge >= 0.3 is 5.97 Å². The molecule has 0 saturated carbocycles. The zero-order chi connectivity index (χ0) is 21.5. The SMILES string of the molecule is CC(=O)OCC(=O)Nc1ccc(CC(=O)N2CCN(C3=NNC(Cl)C=C3)CC2)cc1. The number of benzene rings is 1. The molecule has 9 nitrogen and oxygen atoms in total. The number of hydrogen-bond donors (Lipinski definition) is 2. The molecule has 2 heterocycles. The van der Waals surface area contributed by atoms with E-state index in [1.54, 1.807) is 24.3 Å². The minimum Gasteiger partial charge on any atom is -0.456 e. The van der Waals surface area contributed by atoms with Crippen molar-refractivity contribution in [1.82, 2.24) is 15.2 Å². The standard InChI is InChI=1S/C20H24ClN5O4/c1-14(27)30-13-19(28)22-16-4-2-15(3-5-16)12-20(29)26-10-8-25(9-11-26)18-7-6-17(21)23-24-18/h2-7,17,23H,8-13H2,1H3,(H,22,28). The summed E-state index contributed by atoms with van der Waals surface area (Å²) in [5.41, 5.74) is 3.97. The molecular formula is C20H24ClN5O4. The number of alkyl halides is 1. The molecule has 2 N–H and O–H groups in total. The molecule has 30 heavy (non-hydrogen) atoms. The van der Waals surface area contributed by atoms with Crippen molar-refractivity contribution in [2.45, 2.75) is 18.8 Å². The minimum absolute atomic E-state index is 0.0568. The second-order valence-corrected chi connectivity index (χ2v) is 7.40. The number of halogens is 1. The number of piperazine rings is 1. The molecule has 1 aromatic carbocycles. The van der Waals surface area contributed by atoms with Crippen LogP contribution in [0.1, 0.15) is 12.5 Å². The maximum Gasteiger partial charge on any atom is 0.303 e. The van der Waals surface area contributed by atoms with Gasteiger partial charge < -0.3 is 19.9 Å². The lowest BCUT2D eigenvalue weighted by molar-refractivity contribution is -0.144. The normalized spacial score (nSPS) is 18.3. The van der Waals surface area contributed by atoms with Crippen molar-refractivity contribution in [3.63, 3.8) is 0 Å². The summed E-state index contributed by atoms with van der Waals surface area (Å²) >= 11 is 5.91. The number of carbonyl (C=O) groups excluding carboxylic acids is 3. The summed E-state index contributed by atoms with van der Waals surface area (Å²) in [6.45, 7) is 3.58. The van der Waals surface area contributed by atoms with E-state index >= 15 is 0 Å². The molecule has 0 spiro atoms. The number of hydrazone groups is 1. The van der Waals surface area contributed by atoms with Gasteiger partial charge in [0.1, 0.15) is 11.3 Å². The Hall–Kier alpha value is -3.07. The van der Waals surface area contributed by atoms with Crippen LogP contribution in [0.2, 0.25) is 0 Å². The predicted molar refractivity (Wildman–Crippen MR) is 113 cm³/mol. The van der Waals surface area contributed by atoms with Gasteiger partial charge in [0.05, 0.1) is 6.42 Å². The van der Waals surface area contributed by atoms with E-state index in [-0.39, 0.29) is 24.4 Å². The average Bonchev–Trinajstić information content (AvgIpc) is 2.74. The van der Waals surface area contributed by atoms with E-state index in [1.807, 2.05) is 17.1 Å². The maximum atomic E-state index is 12.6. The van der Waals surface area contributed by atoms with Crippen LogP contribution in [0.4, 0.5) is 5.69 Å². The van der Waals surface area contributed by atoms with Crippen molar-refractivity contribution in [2.75, 3.05) is 38.1 Å². The van der Waals surface area contributed by atoms with Crippen LogP contribution in [0.3, 0.4) is 0 Å². The third kappa shape index (κ3) is 6.21. The Morgan fingerprint density at radius 2 is 1.90 bits per heavy atom. The van der Waals surface area contributed by atoms with Crippen LogP contribution < -0.4 is 10.7 Å². The highest BCUT2D eigenvalue weighted by Gasteiger charge is 2.23. The van der Waals surface area contributed by atoms with Gasteiger partial charge in [-0.05, 0) is 29.8 Å². The van der Waals surface area contributed by atoms with Crippen molar-refractivity contribution >= 4 is 40.9 Å². The zero-order valence-corrected chi connectivity index (χ0v) is 17.4. The summed E-state index contributed by atoms with van der Waals surface area (Å²) in [6.07, 6.45) is 4.01. The quantitative estimate of drug-likeness (QED) is 0.406. The number of nitrogens with zero attached hydrogens (tertiary/aromatic N) is 3. The molecule has 160 valence electrons. The van der Waals surface area contributed by atoms with Crippen LogP contribution in [0.15, 0.2) is 41.5 Å². The number of hydrogen-bond acceptors (Lipinski definition) is 7. The smallest absolute Gasteiger partial charge is 0.303 e. The molecule has 0 aliphatic carbocycles. The van der Waals surface area contributed by atoms with E-state index in [0.717, 1.165) is 11.4 Å². The number of ether oxygens (including phenoxy) is 1. The lowest BCUT2D eigenvalue weighted by Gasteiger charge is -2.36. The first kappa shape index (κ1) is 21.6. The van der Waals surface area contributed by atoms with Gasteiger partial charge in [0.2, 0.25) is 5.91 Å². The second-order valence-electron chi connectivity index (χ2n) is 6.93. The summed E-state index contributed by atoms with van der Waals surface area (Å²) in [6, 6.07) is 7.03. The number of nitrogens with one attached hydrogen (secondary N) is 2. The van der Waals surface area contributed by atoms with E-state index in [9.17, 15) is 14.4 Å². The predicted octanol–water partition coefficient (Wildman–Crippen LogP) is 0.913. The lowest BCUT2D eigenvalue weighted by atomic mass is 10.1. The van der Waals surface area contributed by atoms with Crippen LogP contribution in [0.5, 0.6) is 0 Å². The van der Waals surface area contributed by atoms with Crippen LogP contribution in [0.25, 0.3) is 0 Å². The molecule has 0 aromatic heterocycles. The molecule has 1 saturated heterocycles. The van der Waals surface area contributed by atoms with Crippen molar-refractivity contribution in [3.8, 4) is 0 Å². The Kier molecular flexibility index (Phi) is 7.29. The van der Waals surface area contributed by atoms with Gasteiger partial charge in [-0.2, -0.15) is 5.10 Å². The third-order valence-electron chi connectivity index (χ3n) is 4.67. The van der Waals surface area contributed by atoms with Gasteiger partial charge in [0.25, 0.3) is 5.91 Å². The molecule has 1 aromatic rings. The third-order valence-corrected chi connectivity index (χ3v) is 4.92. The van der Waals surface area contributed by atoms with E-state index < -0.39 is 11.9 Å². The second kappa shape index (κ2) is 10.1. The molecule has 0 bridgehead atoms. The number of amidine groups is 1. The lowest BCUT2D eigenvalue weighted by Crippen LogP contribution is -2.51. The van der Waals surface area contributed by atoms with Crippen LogP contribution in [0, 0.1) is 0 Å². The van der Waals surface area contributed by atoms with Crippen LogP contribution >= 0.6 is 11.6 Å². The monoisotopic (exact) mass is 433 g/mol. The van der Waals surface area contributed by atoms with Gasteiger partial charge in [0, 0.05) is 38.8 Å². The summed E-state index contributed by atoms with van der Waals surface area (Å²) in [4.78, 5) is 39.0. The minimum atomic E-state index is -0.511. The summed E-state index contributed by atoms with van der Waals surface area (Å²) in [5, 5.41) is 6.87. The fraction of sp³-hybridized carbons (Fsp3) is 0.400. The Bertz CT molecular complexity index is 847. The van der Waals surface area contributed by atoms with Crippen molar-refractivity contribution in [1.29, 1.82) is 0 Å². The number of anilines is 1. The summed E-state index contributed by atoms with van der Waals surface area (Å²) in [5.74, 6) is -0.0450. The molecule has 2 amide bonds. The summed E-state index contributed by atoms with van der Waals surface area (Å²) < 4.78 is 4.65. The van der Waals surface area contributed by atoms with E-state index in [0.29, 0.717) is 31.9 Å². The van der Waals surface area contributed by atoms with Crippen LogP contribution in [-0.2, 0) is 25.5 Å². The number of rotatable bonds is 5. The molecule has 2 aliphatic rings. The van der Waals surface area contributed by atoms with Gasteiger partial charge in [-0.1, -0.05) is 23.7 Å². The molecule has 3 rings (SSSR count). The molecule has 0 radical (unpaired) electrons. The van der Waals surface area contributed by atoms with E-state index in [1.165, 1.54) is 6.92 Å². The average molecular weight is 434 g/mol. The fourth-order valence-corrected chi connectivity index (χ4v) is 3.22. The molecule has 1 unspecified atom stereocenters. The molecule has 1 atom stereocenters. The Balaban J connectivity index is 1.44. The number of carbonyl (C=O) groups is 3. The van der Waals surface area contributed by atoms with E-state index in [4.69, 9.17) is 11.6 Å². The van der Waals surface area contributed by atoms with Gasteiger partial charge in [0.15, 0.2) is 6.61 Å². The Labute approximate surface area is 179 Å². The topological polar surface area (TPSA) is 103 Å². The molecule has 10 heteroatoms. The molecule has 2 aliphatic heterocycles. The van der Waals surface area contributed by atoms with Gasteiger partial charge in [-0.15, -0.1) is 0 Å². The first-order valence-corrected chi connectivity index (χ1v) is 10.0. The largest absolute Gasteiger partial charge is 0.456 e. The Morgan fingerprint density at radius 1 is 1.20 bits per heavy atom. The van der Waals surface area contributed by atoms with Crippen molar-refractivity contribution in [3.05, 3.63) is 42.0 Å². The zero-order valence-electron chi connectivity index (χ0n) is 16.6. The van der Waals surface area contributed by atoms with Gasteiger partial charge in [-0.25, -0.2) is 0 Å². The molecular weight excluding hydrogens is 410 g/mol. The Morgan fingerprint density at radius 3 is 2.50 bits per heavy atom. The highest BCUT2D eigenvalue weighted by molar-refractivity contribution is 6.22. The fourth-order valence-electron chi connectivity index (χ4n) is 3.10. The summed E-state index contributed by atoms with van der Waals surface area (Å²) in [7, 11) is 0. The van der Waals surface area contributed by atoms with Crippen molar-refractivity contribution in [2.24, 2.45) is 5.10 Å².